The van der Waals surface area contributed by atoms with Crippen LogP contribution in [0.25, 0.3) is 0 Å². The minimum absolute atomic E-state index is 0.229. The Morgan fingerprint density at radius 2 is 2.17 bits per heavy atom. The van der Waals surface area contributed by atoms with Gasteiger partial charge in [0.05, 0.1) is 6.54 Å². The standard InChI is InChI=1S/C13H17FN4/c1-3-4-18-13(16-9-17-18)8-15-12-6-10(2)5-11(14)7-12/h5-7,9,15H,3-4,8H2,1-2H3. The Kier molecular flexibility index (Phi) is 3.92. The van der Waals surface area contributed by atoms with E-state index >= 15 is 0 Å². The largest absolute Gasteiger partial charge is 0.378 e. The summed E-state index contributed by atoms with van der Waals surface area (Å²) in [4.78, 5) is 4.19. The molecule has 2 rings (SSSR count). The van der Waals surface area contributed by atoms with Crippen molar-refractivity contribution in [1.29, 1.82) is 0 Å². The molecule has 1 aromatic carbocycles. The number of nitrogens with zero attached hydrogens (tertiary/aromatic N) is 3. The molecule has 2 aromatic rings. The summed E-state index contributed by atoms with van der Waals surface area (Å²) < 4.78 is 15.1. The van der Waals surface area contributed by atoms with Crippen molar-refractivity contribution in [2.75, 3.05) is 5.32 Å². The third-order valence-corrected chi connectivity index (χ3v) is 2.62. The van der Waals surface area contributed by atoms with Crippen LogP contribution in [0, 0.1) is 12.7 Å². The first-order chi connectivity index (χ1) is 8.69. The van der Waals surface area contributed by atoms with Gasteiger partial charge < -0.3 is 5.32 Å². The third kappa shape index (κ3) is 3.06. The van der Waals surface area contributed by atoms with Gasteiger partial charge in [0.15, 0.2) is 0 Å². The maximum atomic E-state index is 13.2. The molecule has 96 valence electrons. The van der Waals surface area contributed by atoms with E-state index in [-0.39, 0.29) is 5.82 Å². The predicted molar refractivity (Wildman–Crippen MR) is 68.8 cm³/mol. The van der Waals surface area contributed by atoms with Crippen molar-refractivity contribution in [2.45, 2.75) is 33.4 Å². The van der Waals surface area contributed by atoms with Gasteiger partial charge >= 0.3 is 0 Å². The number of nitrogens with one attached hydrogen (secondary N) is 1. The van der Waals surface area contributed by atoms with Gasteiger partial charge in [0, 0.05) is 12.2 Å². The summed E-state index contributed by atoms with van der Waals surface area (Å²) >= 11 is 0. The van der Waals surface area contributed by atoms with E-state index in [0.717, 1.165) is 30.0 Å². The molecule has 0 aliphatic carbocycles. The van der Waals surface area contributed by atoms with Gasteiger partial charge in [-0.15, -0.1) is 0 Å². The van der Waals surface area contributed by atoms with E-state index in [2.05, 4.69) is 22.3 Å². The highest BCUT2D eigenvalue weighted by Gasteiger charge is 2.04. The van der Waals surface area contributed by atoms with Crippen LogP contribution in [0.3, 0.4) is 0 Å². The molecule has 0 saturated heterocycles. The summed E-state index contributed by atoms with van der Waals surface area (Å²) in [6.45, 7) is 5.35. The van der Waals surface area contributed by atoms with Crippen molar-refractivity contribution < 1.29 is 4.39 Å². The highest BCUT2D eigenvalue weighted by Crippen LogP contribution is 2.14. The molecular formula is C13H17FN4. The zero-order valence-electron chi connectivity index (χ0n) is 10.7. The Morgan fingerprint density at radius 3 is 2.89 bits per heavy atom. The molecule has 0 spiro atoms. The minimum Gasteiger partial charge on any atom is -0.378 e. The van der Waals surface area contributed by atoms with E-state index in [1.54, 1.807) is 6.33 Å². The lowest BCUT2D eigenvalue weighted by molar-refractivity contribution is 0.574. The molecule has 4 nitrogen and oxygen atoms in total. The summed E-state index contributed by atoms with van der Waals surface area (Å²) in [5, 5.41) is 7.31. The van der Waals surface area contributed by atoms with Gasteiger partial charge in [-0.2, -0.15) is 5.10 Å². The molecule has 1 aromatic heterocycles. The fourth-order valence-electron chi connectivity index (χ4n) is 1.84. The summed E-state index contributed by atoms with van der Waals surface area (Å²) in [6, 6.07) is 4.89. The lowest BCUT2D eigenvalue weighted by atomic mass is 10.2. The fraction of sp³-hybridized carbons (Fsp3) is 0.385. The van der Waals surface area contributed by atoms with Gasteiger partial charge in [0.1, 0.15) is 18.0 Å². The normalized spacial score (nSPS) is 10.6. The molecule has 0 aliphatic rings. The molecule has 0 radical (unpaired) electrons. The van der Waals surface area contributed by atoms with E-state index < -0.39 is 0 Å². The lowest BCUT2D eigenvalue weighted by Gasteiger charge is -2.08. The van der Waals surface area contributed by atoms with Crippen LogP contribution in [0.1, 0.15) is 24.7 Å². The molecule has 0 bridgehead atoms. The summed E-state index contributed by atoms with van der Waals surface area (Å²) in [6.07, 6.45) is 2.55. The van der Waals surface area contributed by atoms with E-state index in [0.29, 0.717) is 6.54 Å². The number of rotatable bonds is 5. The predicted octanol–water partition coefficient (Wildman–Crippen LogP) is 2.75. The molecule has 0 amide bonds. The Hall–Kier alpha value is -1.91. The zero-order chi connectivity index (χ0) is 13.0. The Bertz CT molecular complexity index is 501. The van der Waals surface area contributed by atoms with Gasteiger partial charge in [-0.1, -0.05) is 6.92 Å². The average Bonchev–Trinajstić information content (AvgIpc) is 2.73. The smallest absolute Gasteiger partial charge is 0.146 e. The molecule has 1 heterocycles. The van der Waals surface area contributed by atoms with Crippen molar-refractivity contribution in [2.24, 2.45) is 0 Å². The van der Waals surface area contributed by atoms with Gasteiger partial charge in [-0.05, 0) is 37.1 Å². The zero-order valence-corrected chi connectivity index (χ0v) is 10.7. The highest BCUT2D eigenvalue weighted by atomic mass is 19.1. The van der Waals surface area contributed by atoms with Crippen LogP contribution in [0.5, 0.6) is 0 Å². The van der Waals surface area contributed by atoms with Crippen LogP contribution in [0.2, 0.25) is 0 Å². The van der Waals surface area contributed by atoms with E-state index in [1.165, 1.54) is 12.1 Å². The van der Waals surface area contributed by atoms with E-state index in [1.807, 2.05) is 17.7 Å². The molecule has 5 heteroatoms. The van der Waals surface area contributed by atoms with Gasteiger partial charge in [-0.3, -0.25) is 0 Å². The summed E-state index contributed by atoms with van der Waals surface area (Å²) in [5.41, 5.74) is 1.66. The Labute approximate surface area is 106 Å². The first kappa shape index (κ1) is 12.5. The number of aryl methyl sites for hydroxylation is 2. The number of anilines is 1. The molecule has 0 saturated carbocycles. The van der Waals surface area contributed by atoms with Gasteiger partial charge in [-0.25, -0.2) is 14.1 Å². The van der Waals surface area contributed by atoms with E-state index in [4.69, 9.17) is 0 Å². The summed E-state index contributed by atoms with van der Waals surface area (Å²) in [7, 11) is 0. The monoisotopic (exact) mass is 248 g/mol. The van der Waals surface area contributed by atoms with Crippen molar-refractivity contribution in [3.8, 4) is 0 Å². The molecule has 0 atom stereocenters. The Morgan fingerprint density at radius 1 is 1.33 bits per heavy atom. The molecule has 0 unspecified atom stereocenters. The van der Waals surface area contributed by atoms with Crippen LogP contribution in [0.4, 0.5) is 10.1 Å². The number of benzene rings is 1. The number of halogens is 1. The maximum Gasteiger partial charge on any atom is 0.146 e. The first-order valence-electron chi connectivity index (χ1n) is 6.07. The molecule has 1 N–H and O–H groups in total. The van der Waals surface area contributed by atoms with Crippen molar-refractivity contribution in [1.82, 2.24) is 14.8 Å². The number of hydrogen-bond donors (Lipinski definition) is 1. The van der Waals surface area contributed by atoms with Crippen LogP contribution in [0.15, 0.2) is 24.5 Å². The van der Waals surface area contributed by atoms with Crippen LogP contribution in [-0.2, 0) is 13.1 Å². The topological polar surface area (TPSA) is 42.7 Å². The van der Waals surface area contributed by atoms with Gasteiger partial charge in [0.25, 0.3) is 0 Å². The van der Waals surface area contributed by atoms with Crippen LogP contribution in [-0.4, -0.2) is 14.8 Å². The highest BCUT2D eigenvalue weighted by molar-refractivity contribution is 5.45. The van der Waals surface area contributed by atoms with Crippen molar-refractivity contribution in [3.05, 3.63) is 41.7 Å². The minimum atomic E-state index is -0.229. The lowest BCUT2D eigenvalue weighted by Crippen LogP contribution is -2.10. The van der Waals surface area contributed by atoms with Crippen molar-refractivity contribution >= 4 is 5.69 Å². The molecule has 18 heavy (non-hydrogen) atoms. The Balaban J connectivity index is 2.04. The average molecular weight is 248 g/mol. The van der Waals surface area contributed by atoms with Crippen LogP contribution < -0.4 is 5.32 Å². The number of aromatic nitrogens is 3. The van der Waals surface area contributed by atoms with Crippen molar-refractivity contribution in [3.63, 3.8) is 0 Å². The first-order valence-corrected chi connectivity index (χ1v) is 6.07. The molecular weight excluding hydrogens is 231 g/mol. The maximum absolute atomic E-state index is 13.2. The second kappa shape index (κ2) is 5.62. The molecule has 0 fully saturated rings. The van der Waals surface area contributed by atoms with E-state index in [9.17, 15) is 4.39 Å². The fourth-order valence-corrected chi connectivity index (χ4v) is 1.84. The molecule has 0 aliphatic heterocycles. The summed E-state index contributed by atoms with van der Waals surface area (Å²) in [5.74, 6) is 0.631. The second-order valence-corrected chi connectivity index (χ2v) is 4.27. The SMILES string of the molecule is CCCn1ncnc1CNc1cc(C)cc(F)c1. The number of hydrogen-bond acceptors (Lipinski definition) is 3. The van der Waals surface area contributed by atoms with Crippen LogP contribution >= 0.6 is 0 Å². The second-order valence-electron chi connectivity index (χ2n) is 4.27. The quantitative estimate of drug-likeness (QED) is 0.884. The van der Waals surface area contributed by atoms with Gasteiger partial charge in [0.2, 0.25) is 0 Å². The third-order valence-electron chi connectivity index (χ3n) is 2.62.